The van der Waals surface area contributed by atoms with E-state index in [0.29, 0.717) is 0 Å². The molecule has 1 aromatic carbocycles. The van der Waals surface area contributed by atoms with E-state index >= 15 is 0 Å². The third kappa shape index (κ3) is 4.10. The Bertz CT molecular complexity index is 305. The summed E-state index contributed by atoms with van der Waals surface area (Å²) in [4.78, 5) is 0. The first-order valence-corrected chi connectivity index (χ1v) is 5.63. The number of benzene rings is 1. The minimum Gasteiger partial charge on any atom is -0.495 e. The Morgan fingerprint density at radius 1 is 1.33 bits per heavy atom. The summed E-state index contributed by atoms with van der Waals surface area (Å²) < 4.78 is 11.3. The van der Waals surface area contributed by atoms with Gasteiger partial charge >= 0.3 is 0 Å². The molecule has 0 fully saturated rings. The Labute approximate surface area is 98.9 Å². The van der Waals surface area contributed by atoms with Gasteiger partial charge in [-0.2, -0.15) is 0 Å². The molecule has 3 nitrogen and oxygen atoms in total. The monoisotopic (exact) mass is 273 g/mol. The van der Waals surface area contributed by atoms with E-state index in [0.717, 1.165) is 35.5 Å². The second-order valence-electron chi connectivity index (χ2n) is 3.12. The van der Waals surface area contributed by atoms with Crippen LogP contribution in [-0.2, 0) is 4.74 Å². The van der Waals surface area contributed by atoms with E-state index in [1.54, 1.807) is 14.2 Å². The lowest BCUT2D eigenvalue weighted by molar-refractivity contribution is 0.197. The van der Waals surface area contributed by atoms with Crippen LogP contribution in [0.3, 0.4) is 0 Å². The lowest BCUT2D eigenvalue weighted by atomic mass is 10.3. The highest BCUT2D eigenvalue weighted by atomic mass is 79.9. The van der Waals surface area contributed by atoms with E-state index in [2.05, 4.69) is 21.2 Å². The minimum atomic E-state index is 0.767. The third-order valence-electron chi connectivity index (χ3n) is 2.00. The molecule has 1 N–H and O–H groups in total. The molecule has 0 aromatic heterocycles. The summed E-state index contributed by atoms with van der Waals surface area (Å²) in [5.74, 6) is 0.857. The maximum Gasteiger partial charge on any atom is 0.142 e. The van der Waals surface area contributed by atoms with Crippen LogP contribution in [-0.4, -0.2) is 27.4 Å². The molecule has 0 heterocycles. The van der Waals surface area contributed by atoms with Gasteiger partial charge in [0.05, 0.1) is 12.8 Å². The largest absolute Gasteiger partial charge is 0.495 e. The van der Waals surface area contributed by atoms with Gasteiger partial charge in [-0.25, -0.2) is 0 Å². The number of halogens is 1. The number of methoxy groups -OCH3 is 2. The van der Waals surface area contributed by atoms with Gasteiger partial charge in [0, 0.05) is 24.7 Å². The summed E-state index contributed by atoms with van der Waals surface area (Å²) in [7, 11) is 3.38. The SMILES string of the molecule is COCCCNc1cc(Br)ccc1OC. The molecule has 0 saturated carbocycles. The number of rotatable bonds is 6. The summed E-state index contributed by atoms with van der Waals surface area (Å²) in [6.45, 7) is 1.64. The van der Waals surface area contributed by atoms with Crippen molar-refractivity contribution in [3.8, 4) is 5.75 Å². The molecule has 0 unspecified atom stereocenters. The van der Waals surface area contributed by atoms with Crippen LogP contribution in [0.5, 0.6) is 5.75 Å². The lowest BCUT2D eigenvalue weighted by Crippen LogP contribution is -2.05. The number of hydrogen-bond acceptors (Lipinski definition) is 3. The molecule has 1 rings (SSSR count). The van der Waals surface area contributed by atoms with E-state index < -0.39 is 0 Å². The average Bonchev–Trinajstić information content (AvgIpc) is 2.25. The fourth-order valence-corrected chi connectivity index (χ4v) is 1.62. The van der Waals surface area contributed by atoms with Crippen molar-refractivity contribution in [2.24, 2.45) is 0 Å². The van der Waals surface area contributed by atoms with Crippen LogP contribution < -0.4 is 10.1 Å². The fourth-order valence-electron chi connectivity index (χ4n) is 1.26. The van der Waals surface area contributed by atoms with Crippen molar-refractivity contribution >= 4 is 21.6 Å². The number of anilines is 1. The van der Waals surface area contributed by atoms with Gasteiger partial charge in [-0.15, -0.1) is 0 Å². The van der Waals surface area contributed by atoms with E-state index in [1.165, 1.54) is 0 Å². The molecule has 0 aliphatic rings. The summed E-state index contributed by atoms with van der Waals surface area (Å²) in [6, 6.07) is 5.90. The molecule has 0 radical (unpaired) electrons. The van der Waals surface area contributed by atoms with Gasteiger partial charge < -0.3 is 14.8 Å². The van der Waals surface area contributed by atoms with Crippen molar-refractivity contribution in [3.63, 3.8) is 0 Å². The molecule has 0 atom stereocenters. The maximum absolute atomic E-state index is 5.24. The summed E-state index contributed by atoms with van der Waals surface area (Å²) in [5, 5.41) is 3.30. The van der Waals surface area contributed by atoms with Crippen molar-refractivity contribution in [1.82, 2.24) is 0 Å². The van der Waals surface area contributed by atoms with Crippen LogP contribution in [0.2, 0.25) is 0 Å². The van der Waals surface area contributed by atoms with Crippen LogP contribution in [0.25, 0.3) is 0 Å². The van der Waals surface area contributed by atoms with Crippen molar-refractivity contribution in [2.45, 2.75) is 6.42 Å². The Hall–Kier alpha value is -0.740. The second-order valence-corrected chi connectivity index (χ2v) is 4.03. The fraction of sp³-hybridized carbons (Fsp3) is 0.455. The third-order valence-corrected chi connectivity index (χ3v) is 2.50. The summed E-state index contributed by atoms with van der Waals surface area (Å²) >= 11 is 3.43. The van der Waals surface area contributed by atoms with Crippen molar-refractivity contribution in [3.05, 3.63) is 22.7 Å². The zero-order chi connectivity index (χ0) is 11.1. The van der Waals surface area contributed by atoms with Crippen LogP contribution >= 0.6 is 15.9 Å². The molecule has 84 valence electrons. The Morgan fingerprint density at radius 2 is 2.13 bits per heavy atom. The molecule has 15 heavy (non-hydrogen) atoms. The van der Waals surface area contributed by atoms with Crippen molar-refractivity contribution in [2.75, 3.05) is 32.7 Å². The summed E-state index contributed by atoms with van der Waals surface area (Å²) in [6.07, 6.45) is 0.978. The van der Waals surface area contributed by atoms with E-state index in [-0.39, 0.29) is 0 Å². The van der Waals surface area contributed by atoms with Crippen LogP contribution in [0, 0.1) is 0 Å². The van der Waals surface area contributed by atoms with Gasteiger partial charge in [-0.05, 0) is 24.6 Å². The molecule has 0 aliphatic heterocycles. The number of hydrogen-bond donors (Lipinski definition) is 1. The molecule has 0 saturated heterocycles. The highest BCUT2D eigenvalue weighted by Gasteiger charge is 2.02. The number of ether oxygens (including phenoxy) is 2. The molecule has 0 aliphatic carbocycles. The Kier molecular flexibility index (Phi) is 5.50. The van der Waals surface area contributed by atoms with Gasteiger partial charge in [-0.3, -0.25) is 0 Å². The Morgan fingerprint density at radius 3 is 2.80 bits per heavy atom. The predicted octanol–water partition coefficient (Wildman–Crippen LogP) is 2.91. The van der Waals surface area contributed by atoms with Gasteiger partial charge in [-0.1, -0.05) is 15.9 Å². The molecule has 1 aromatic rings. The molecular weight excluding hydrogens is 258 g/mol. The lowest BCUT2D eigenvalue weighted by Gasteiger charge is -2.11. The van der Waals surface area contributed by atoms with Gasteiger partial charge in [0.1, 0.15) is 5.75 Å². The smallest absolute Gasteiger partial charge is 0.142 e. The van der Waals surface area contributed by atoms with Gasteiger partial charge in [0.2, 0.25) is 0 Å². The molecular formula is C11H16BrNO2. The quantitative estimate of drug-likeness (QED) is 0.809. The maximum atomic E-state index is 5.24. The highest BCUT2D eigenvalue weighted by Crippen LogP contribution is 2.27. The minimum absolute atomic E-state index is 0.767. The molecule has 4 heteroatoms. The topological polar surface area (TPSA) is 30.5 Å². The normalized spacial score (nSPS) is 10.1. The van der Waals surface area contributed by atoms with E-state index in [9.17, 15) is 0 Å². The molecule has 0 bridgehead atoms. The second kappa shape index (κ2) is 6.69. The number of nitrogens with one attached hydrogen (secondary N) is 1. The first-order valence-electron chi connectivity index (χ1n) is 4.84. The van der Waals surface area contributed by atoms with Gasteiger partial charge in [0.15, 0.2) is 0 Å². The van der Waals surface area contributed by atoms with E-state index in [1.807, 2.05) is 18.2 Å². The predicted molar refractivity (Wildman–Crippen MR) is 65.7 cm³/mol. The highest BCUT2D eigenvalue weighted by molar-refractivity contribution is 9.10. The first-order chi connectivity index (χ1) is 7.27. The van der Waals surface area contributed by atoms with Crippen LogP contribution in [0.1, 0.15) is 6.42 Å². The summed E-state index contributed by atoms with van der Waals surface area (Å²) in [5.41, 5.74) is 1.00. The van der Waals surface area contributed by atoms with Crippen LogP contribution in [0.4, 0.5) is 5.69 Å². The zero-order valence-electron chi connectivity index (χ0n) is 9.05. The Balaban J connectivity index is 2.54. The van der Waals surface area contributed by atoms with Crippen molar-refractivity contribution in [1.29, 1.82) is 0 Å². The molecule has 0 amide bonds. The first kappa shape index (κ1) is 12.3. The average molecular weight is 274 g/mol. The van der Waals surface area contributed by atoms with Crippen molar-refractivity contribution < 1.29 is 9.47 Å². The molecule has 0 spiro atoms. The van der Waals surface area contributed by atoms with E-state index in [4.69, 9.17) is 9.47 Å². The van der Waals surface area contributed by atoms with Gasteiger partial charge in [0.25, 0.3) is 0 Å². The standard InChI is InChI=1S/C11H16BrNO2/c1-14-7-3-6-13-10-8-9(12)4-5-11(10)15-2/h4-5,8,13H,3,6-7H2,1-2H3. The van der Waals surface area contributed by atoms with Crippen LogP contribution in [0.15, 0.2) is 22.7 Å². The zero-order valence-corrected chi connectivity index (χ0v) is 10.6.